The number of carbonyl (C=O) groups excluding carboxylic acids is 2. The highest BCUT2D eigenvalue weighted by molar-refractivity contribution is 6.31. The molecule has 0 fully saturated rings. The van der Waals surface area contributed by atoms with Crippen LogP contribution >= 0.6 is 11.6 Å². The van der Waals surface area contributed by atoms with Crippen molar-refractivity contribution >= 4 is 41.3 Å². The summed E-state index contributed by atoms with van der Waals surface area (Å²) in [5.41, 5.74) is 3.57. The van der Waals surface area contributed by atoms with Crippen molar-refractivity contribution in [3.05, 3.63) is 106 Å². The molecule has 0 saturated carbocycles. The van der Waals surface area contributed by atoms with Crippen molar-refractivity contribution in [3.63, 3.8) is 0 Å². The molecule has 0 spiro atoms. The Morgan fingerprint density at radius 2 is 1.85 bits per heavy atom. The van der Waals surface area contributed by atoms with Gasteiger partial charge in [-0.15, -0.1) is 0 Å². The number of hydrogen-bond donors (Lipinski definition) is 3. The van der Waals surface area contributed by atoms with E-state index in [4.69, 9.17) is 25.7 Å². The van der Waals surface area contributed by atoms with Crippen molar-refractivity contribution in [2.24, 2.45) is 4.99 Å². The van der Waals surface area contributed by atoms with Crippen molar-refractivity contribution in [2.45, 2.75) is 19.9 Å². The highest BCUT2D eigenvalue weighted by Gasteiger charge is 2.31. The SMILES string of the molecule is COC(=O)c1ccnc(NC(=O)C2=C(C)NC(Nc3ncc(-c4ccccc4)o3)=NC2c2ccc(C)cc2Cl)c1. The van der Waals surface area contributed by atoms with E-state index in [1.54, 1.807) is 13.1 Å². The first-order chi connectivity index (χ1) is 19.3. The minimum atomic E-state index is -0.774. The van der Waals surface area contributed by atoms with Crippen LogP contribution in [0.1, 0.15) is 34.5 Å². The molecule has 3 heterocycles. The number of aromatic nitrogens is 2. The van der Waals surface area contributed by atoms with Crippen LogP contribution in [-0.4, -0.2) is 34.9 Å². The Bertz CT molecular complexity index is 1650. The second-order valence-corrected chi connectivity index (χ2v) is 9.37. The van der Waals surface area contributed by atoms with Crippen LogP contribution in [0.4, 0.5) is 11.8 Å². The molecule has 0 saturated heterocycles. The smallest absolute Gasteiger partial charge is 0.338 e. The fourth-order valence-electron chi connectivity index (χ4n) is 4.21. The molecule has 1 amide bonds. The average molecular weight is 557 g/mol. The molecular formula is C29H25ClN6O4. The van der Waals surface area contributed by atoms with Crippen LogP contribution in [-0.2, 0) is 9.53 Å². The number of esters is 1. The maximum Gasteiger partial charge on any atom is 0.338 e. The average Bonchev–Trinajstić information content (AvgIpc) is 3.41. The number of hydrogen-bond acceptors (Lipinski definition) is 9. The molecule has 5 rings (SSSR count). The fourth-order valence-corrected chi connectivity index (χ4v) is 4.55. The molecule has 1 aliphatic rings. The van der Waals surface area contributed by atoms with E-state index in [0.29, 0.717) is 33.6 Å². The summed E-state index contributed by atoms with van der Waals surface area (Å²) in [5, 5.41) is 9.39. The molecule has 0 radical (unpaired) electrons. The van der Waals surface area contributed by atoms with Crippen molar-refractivity contribution in [2.75, 3.05) is 17.7 Å². The Labute approximate surface area is 235 Å². The summed E-state index contributed by atoms with van der Waals surface area (Å²) >= 11 is 6.63. The third-order valence-corrected chi connectivity index (χ3v) is 6.48. The van der Waals surface area contributed by atoms with Crippen LogP contribution in [0.5, 0.6) is 0 Å². The number of nitrogens with one attached hydrogen (secondary N) is 3. The van der Waals surface area contributed by atoms with Gasteiger partial charge < -0.3 is 19.8 Å². The van der Waals surface area contributed by atoms with E-state index in [1.165, 1.54) is 25.4 Å². The molecule has 1 aliphatic heterocycles. The predicted molar refractivity (Wildman–Crippen MR) is 152 cm³/mol. The quantitative estimate of drug-likeness (QED) is 0.265. The number of rotatable bonds is 6. The van der Waals surface area contributed by atoms with E-state index in [9.17, 15) is 9.59 Å². The number of halogens is 1. The van der Waals surface area contributed by atoms with Crippen LogP contribution in [0, 0.1) is 6.92 Å². The Morgan fingerprint density at radius 1 is 1.05 bits per heavy atom. The maximum absolute atomic E-state index is 13.6. The first-order valence-electron chi connectivity index (χ1n) is 12.3. The number of ether oxygens (including phenoxy) is 1. The Balaban J connectivity index is 1.45. The third-order valence-electron chi connectivity index (χ3n) is 6.15. The molecule has 1 unspecified atom stereocenters. The Morgan fingerprint density at radius 3 is 2.60 bits per heavy atom. The number of aryl methyl sites for hydroxylation is 1. The maximum atomic E-state index is 13.6. The number of oxazole rings is 1. The number of aliphatic imine (C=N–C) groups is 1. The lowest BCUT2D eigenvalue weighted by molar-refractivity contribution is -0.113. The zero-order valence-electron chi connectivity index (χ0n) is 21.9. The Hall–Kier alpha value is -4.96. The predicted octanol–water partition coefficient (Wildman–Crippen LogP) is 5.51. The van der Waals surface area contributed by atoms with Crippen LogP contribution in [0.2, 0.25) is 5.02 Å². The number of anilines is 2. The minimum Gasteiger partial charge on any atom is -0.465 e. The molecule has 40 heavy (non-hydrogen) atoms. The number of benzene rings is 2. The van der Waals surface area contributed by atoms with Crippen LogP contribution in [0.15, 0.2) is 93.7 Å². The zero-order chi connectivity index (χ0) is 28.2. The number of amides is 1. The third kappa shape index (κ3) is 5.71. The summed E-state index contributed by atoms with van der Waals surface area (Å²) in [4.78, 5) is 38.8. The van der Waals surface area contributed by atoms with Gasteiger partial charge in [-0.25, -0.2) is 19.8 Å². The van der Waals surface area contributed by atoms with Gasteiger partial charge in [0.25, 0.3) is 5.91 Å². The molecule has 1 atom stereocenters. The van der Waals surface area contributed by atoms with E-state index < -0.39 is 17.9 Å². The number of methoxy groups -OCH3 is 1. The van der Waals surface area contributed by atoms with E-state index in [2.05, 4.69) is 25.9 Å². The van der Waals surface area contributed by atoms with E-state index >= 15 is 0 Å². The second kappa shape index (κ2) is 11.4. The van der Waals surface area contributed by atoms with Gasteiger partial charge in [-0.2, -0.15) is 0 Å². The normalized spacial score (nSPS) is 14.7. The van der Waals surface area contributed by atoms with E-state index in [-0.39, 0.29) is 17.4 Å². The van der Waals surface area contributed by atoms with Gasteiger partial charge in [0.2, 0.25) is 5.96 Å². The van der Waals surface area contributed by atoms with Gasteiger partial charge in [-0.3, -0.25) is 10.1 Å². The number of carbonyl (C=O) groups is 2. The van der Waals surface area contributed by atoms with Gasteiger partial charge in [0.15, 0.2) is 5.76 Å². The highest BCUT2D eigenvalue weighted by Crippen LogP contribution is 2.36. The molecular weight excluding hydrogens is 532 g/mol. The topological polar surface area (TPSA) is 131 Å². The summed E-state index contributed by atoms with van der Waals surface area (Å²) in [5.74, 6) is 0.0864. The molecule has 3 N–H and O–H groups in total. The molecule has 0 bridgehead atoms. The van der Waals surface area contributed by atoms with Crippen molar-refractivity contribution < 1.29 is 18.7 Å². The van der Waals surface area contributed by atoms with E-state index in [0.717, 1.165) is 11.1 Å². The number of pyridine rings is 1. The number of nitrogens with zero attached hydrogens (tertiary/aromatic N) is 3. The lowest BCUT2D eigenvalue weighted by Crippen LogP contribution is -2.37. The van der Waals surface area contributed by atoms with E-state index in [1.807, 2.05) is 55.5 Å². The van der Waals surface area contributed by atoms with Gasteiger partial charge in [0.1, 0.15) is 11.9 Å². The van der Waals surface area contributed by atoms with Gasteiger partial charge in [0.05, 0.1) is 24.4 Å². The molecule has 202 valence electrons. The van der Waals surface area contributed by atoms with Crippen LogP contribution in [0.3, 0.4) is 0 Å². The summed E-state index contributed by atoms with van der Waals surface area (Å²) < 4.78 is 10.6. The zero-order valence-corrected chi connectivity index (χ0v) is 22.6. The number of guanidine groups is 1. The van der Waals surface area contributed by atoms with Crippen molar-refractivity contribution in [1.82, 2.24) is 15.3 Å². The molecule has 11 heteroatoms. The monoisotopic (exact) mass is 556 g/mol. The Kier molecular flexibility index (Phi) is 7.61. The summed E-state index contributed by atoms with van der Waals surface area (Å²) in [6, 6.07) is 17.5. The second-order valence-electron chi connectivity index (χ2n) is 8.97. The molecule has 0 aliphatic carbocycles. The van der Waals surface area contributed by atoms with Crippen LogP contribution < -0.4 is 16.0 Å². The highest BCUT2D eigenvalue weighted by atomic mass is 35.5. The molecule has 10 nitrogen and oxygen atoms in total. The lowest BCUT2D eigenvalue weighted by Gasteiger charge is -2.27. The molecule has 4 aromatic rings. The number of allylic oxidation sites excluding steroid dienone is 1. The van der Waals surface area contributed by atoms with Crippen molar-refractivity contribution in [3.8, 4) is 11.3 Å². The lowest BCUT2D eigenvalue weighted by atomic mass is 9.95. The first-order valence-corrected chi connectivity index (χ1v) is 12.7. The van der Waals surface area contributed by atoms with Gasteiger partial charge in [-0.1, -0.05) is 54.1 Å². The van der Waals surface area contributed by atoms with Gasteiger partial charge >= 0.3 is 12.0 Å². The molecule has 2 aromatic heterocycles. The van der Waals surface area contributed by atoms with Crippen molar-refractivity contribution in [1.29, 1.82) is 0 Å². The van der Waals surface area contributed by atoms with Gasteiger partial charge in [0, 0.05) is 28.0 Å². The largest absolute Gasteiger partial charge is 0.465 e. The summed E-state index contributed by atoms with van der Waals surface area (Å²) in [6.45, 7) is 3.68. The minimum absolute atomic E-state index is 0.183. The first kappa shape index (κ1) is 26.6. The summed E-state index contributed by atoms with van der Waals surface area (Å²) in [7, 11) is 1.28. The fraction of sp³-hybridized carbons (Fsp3) is 0.138. The summed E-state index contributed by atoms with van der Waals surface area (Å²) in [6.07, 6.45) is 3.03. The van der Waals surface area contributed by atoms with Crippen LogP contribution in [0.25, 0.3) is 11.3 Å². The standard InChI is InChI=1S/C29H25ClN6O4/c1-16-9-10-20(21(30)13-16)25-24(26(37)34-23-14-19(11-12-31-23)27(38)39-3)17(2)33-28(35-25)36-29-32-15-22(40-29)18-7-5-4-6-8-18/h4-15,25H,1-3H3,(H,31,34,37)(H2,32,33,35,36). The van der Waals surface area contributed by atoms with Gasteiger partial charge in [-0.05, 0) is 37.6 Å². The molecule has 2 aromatic carbocycles.